The van der Waals surface area contributed by atoms with E-state index in [-0.39, 0.29) is 40.0 Å². The van der Waals surface area contributed by atoms with Crippen molar-refractivity contribution in [3.63, 3.8) is 0 Å². The topological polar surface area (TPSA) is 60.8 Å². The molecule has 0 amide bonds. The van der Waals surface area contributed by atoms with E-state index in [2.05, 4.69) is 25.5 Å². The van der Waals surface area contributed by atoms with Gasteiger partial charge >= 0.3 is 0 Å². The third kappa shape index (κ3) is 1.27. The third-order valence-corrected chi connectivity index (χ3v) is 10.1. The van der Waals surface area contributed by atoms with Gasteiger partial charge in [-0.15, -0.1) is 0 Å². The molecule has 10 unspecified atom stereocenters. The molecule has 25 heavy (non-hydrogen) atoms. The first-order valence-electron chi connectivity index (χ1n) is 10.1. The van der Waals surface area contributed by atoms with Gasteiger partial charge in [0.25, 0.3) is 0 Å². The van der Waals surface area contributed by atoms with Gasteiger partial charge in [0.05, 0.1) is 12.2 Å². The van der Waals surface area contributed by atoms with Gasteiger partial charge in [0, 0.05) is 35.8 Å². The number of hydrogen-bond acceptors (Lipinski definition) is 4. The van der Waals surface area contributed by atoms with Crippen molar-refractivity contribution in [3.8, 4) is 0 Å². The van der Waals surface area contributed by atoms with Crippen LogP contribution in [0.15, 0.2) is 12.2 Å². The summed E-state index contributed by atoms with van der Waals surface area (Å²) in [4.78, 5) is 15.4. The molecule has 1 heterocycles. The van der Waals surface area contributed by atoms with Gasteiger partial charge in [-0.1, -0.05) is 13.5 Å². The van der Waals surface area contributed by atoms with Crippen LogP contribution in [0.3, 0.4) is 0 Å². The highest BCUT2D eigenvalue weighted by atomic mass is 16.3. The van der Waals surface area contributed by atoms with E-state index in [4.69, 9.17) is 0 Å². The Morgan fingerprint density at radius 1 is 1.28 bits per heavy atom. The number of hydrogen-bond donors (Lipinski definition) is 2. The maximum absolute atomic E-state index is 12.9. The minimum Gasteiger partial charge on any atom is -0.392 e. The van der Waals surface area contributed by atoms with E-state index in [1.165, 1.54) is 0 Å². The van der Waals surface area contributed by atoms with Gasteiger partial charge in [0.1, 0.15) is 5.78 Å². The number of aliphatic hydroxyl groups excluding tert-OH is 2. The van der Waals surface area contributed by atoms with E-state index < -0.39 is 6.10 Å². The molecule has 5 saturated carbocycles. The number of carbonyl (C=O) groups is 1. The van der Waals surface area contributed by atoms with E-state index in [9.17, 15) is 15.0 Å². The van der Waals surface area contributed by atoms with Crippen LogP contribution < -0.4 is 0 Å². The van der Waals surface area contributed by atoms with Gasteiger partial charge in [-0.25, -0.2) is 0 Å². The predicted octanol–water partition coefficient (Wildman–Crippen LogP) is 1.61. The van der Waals surface area contributed by atoms with E-state index in [1.54, 1.807) is 0 Å². The highest BCUT2D eigenvalue weighted by Crippen LogP contribution is 2.83. The first-order chi connectivity index (χ1) is 11.8. The first-order valence-corrected chi connectivity index (χ1v) is 10.1. The summed E-state index contributed by atoms with van der Waals surface area (Å²) in [6.07, 6.45) is 3.48. The number of nitrogens with zero attached hydrogens (tertiary/aromatic N) is 1. The number of likely N-dealkylation sites (tertiary alicyclic amines) is 1. The molecule has 0 aromatic heterocycles. The molecule has 6 rings (SSSR count). The summed E-state index contributed by atoms with van der Waals surface area (Å²) in [5.41, 5.74) is 0.592. The summed E-state index contributed by atoms with van der Waals surface area (Å²) in [5, 5.41) is 22.6. The highest BCUT2D eigenvalue weighted by Gasteiger charge is 2.85. The van der Waals surface area contributed by atoms with E-state index in [0.717, 1.165) is 37.8 Å². The summed E-state index contributed by atoms with van der Waals surface area (Å²) in [6.45, 7) is 7.63. The molecule has 1 saturated heterocycles. The van der Waals surface area contributed by atoms with Crippen molar-refractivity contribution in [1.82, 2.24) is 4.90 Å². The van der Waals surface area contributed by atoms with E-state index >= 15 is 0 Å². The zero-order valence-electron chi connectivity index (χ0n) is 15.2. The number of Topliss-reactive ketones (excluding diaryl/α,β-unsaturated/α-hetero) is 1. The molecule has 0 aromatic carbocycles. The largest absolute Gasteiger partial charge is 0.392 e. The highest BCUT2D eigenvalue weighted by molar-refractivity contribution is 5.87. The zero-order valence-corrected chi connectivity index (χ0v) is 15.2. The minimum atomic E-state index is -0.561. The average molecular weight is 343 g/mol. The van der Waals surface area contributed by atoms with Gasteiger partial charge in [0.15, 0.2) is 0 Å². The quantitative estimate of drug-likeness (QED) is 0.656. The molecule has 2 N–H and O–H groups in total. The van der Waals surface area contributed by atoms with Crippen molar-refractivity contribution in [2.24, 2.45) is 39.9 Å². The van der Waals surface area contributed by atoms with Crippen LogP contribution in [0.5, 0.6) is 0 Å². The summed E-state index contributed by atoms with van der Waals surface area (Å²) < 4.78 is 0. The van der Waals surface area contributed by atoms with Crippen LogP contribution in [-0.4, -0.2) is 52.7 Å². The van der Waals surface area contributed by atoms with Crippen LogP contribution in [0.2, 0.25) is 0 Å². The molecule has 2 spiro atoms. The van der Waals surface area contributed by atoms with E-state index in [0.29, 0.717) is 24.3 Å². The van der Waals surface area contributed by atoms with Gasteiger partial charge in [-0.2, -0.15) is 0 Å². The second-order valence-corrected chi connectivity index (χ2v) is 10.5. The first kappa shape index (κ1) is 15.4. The molecule has 7 bridgehead atoms. The van der Waals surface area contributed by atoms with Crippen molar-refractivity contribution in [2.75, 3.05) is 13.6 Å². The fraction of sp³-hybridized carbons (Fsp3) is 0.857. The number of piperidine rings is 1. The molecule has 6 aliphatic rings. The lowest BCUT2D eigenvalue weighted by Crippen LogP contribution is -2.67. The number of rotatable bonds is 0. The standard InChI is InChI=1S/C21H29NO3/c1-10-11-8-20(18(10)25)12-6-14-19(2)5-4-16(24)21(14,15(20)7-13(11)23)17(12)22(3)9-19/h11-12,14-18,24-25H,1,4-9H2,2-3H3. The molecule has 136 valence electrons. The molecule has 6 fully saturated rings. The number of fused-ring (bicyclic) bond motifs is 1. The summed E-state index contributed by atoms with van der Waals surface area (Å²) in [5.74, 6) is 1.15. The Morgan fingerprint density at radius 2 is 2.04 bits per heavy atom. The number of aliphatic hydroxyl groups is 2. The van der Waals surface area contributed by atoms with Crippen molar-refractivity contribution in [2.45, 2.75) is 57.3 Å². The Labute approximate surface area is 149 Å². The zero-order chi connectivity index (χ0) is 17.5. The lowest BCUT2D eigenvalue weighted by atomic mass is 9.43. The third-order valence-electron chi connectivity index (χ3n) is 10.1. The fourth-order valence-electron chi connectivity index (χ4n) is 9.66. The monoisotopic (exact) mass is 343 g/mol. The maximum atomic E-state index is 12.9. The molecule has 10 atom stereocenters. The SMILES string of the molecule is C=C1C2CC3(C1O)C1CC4C5(C)CCC(O)C4(C1N(C)C5)C3CC2=O. The van der Waals surface area contributed by atoms with Crippen LogP contribution in [0.25, 0.3) is 0 Å². The maximum Gasteiger partial charge on any atom is 0.140 e. The predicted molar refractivity (Wildman–Crippen MR) is 92.6 cm³/mol. The Hall–Kier alpha value is -0.710. The van der Waals surface area contributed by atoms with Crippen LogP contribution >= 0.6 is 0 Å². The Morgan fingerprint density at radius 3 is 2.80 bits per heavy atom. The molecular weight excluding hydrogens is 314 g/mol. The van der Waals surface area contributed by atoms with Gasteiger partial charge < -0.3 is 15.1 Å². The molecule has 0 radical (unpaired) electrons. The molecule has 0 aromatic rings. The minimum absolute atomic E-state index is 0.129. The van der Waals surface area contributed by atoms with Crippen LogP contribution in [0.1, 0.15) is 39.0 Å². The second-order valence-electron chi connectivity index (χ2n) is 10.5. The Bertz CT molecular complexity index is 720. The van der Waals surface area contributed by atoms with E-state index in [1.807, 2.05) is 0 Å². The normalized spacial score (nSPS) is 64.7. The van der Waals surface area contributed by atoms with Crippen molar-refractivity contribution >= 4 is 5.78 Å². The van der Waals surface area contributed by atoms with Gasteiger partial charge in [-0.05, 0) is 61.5 Å². The average Bonchev–Trinajstić information content (AvgIpc) is 3.09. The Balaban J connectivity index is 1.62. The van der Waals surface area contributed by atoms with Crippen molar-refractivity contribution in [3.05, 3.63) is 12.2 Å². The summed E-state index contributed by atoms with van der Waals surface area (Å²) >= 11 is 0. The smallest absolute Gasteiger partial charge is 0.140 e. The number of ketones is 1. The summed E-state index contributed by atoms with van der Waals surface area (Å²) in [7, 11) is 2.22. The van der Waals surface area contributed by atoms with Crippen LogP contribution in [-0.2, 0) is 4.79 Å². The fourth-order valence-corrected chi connectivity index (χ4v) is 9.66. The van der Waals surface area contributed by atoms with Crippen molar-refractivity contribution < 1.29 is 15.0 Å². The lowest BCUT2D eigenvalue weighted by molar-refractivity contribution is -0.208. The van der Waals surface area contributed by atoms with Gasteiger partial charge in [0.2, 0.25) is 0 Å². The molecule has 1 aliphatic heterocycles. The van der Waals surface area contributed by atoms with Crippen LogP contribution in [0.4, 0.5) is 0 Å². The second kappa shape index (κ2) is 4.07. The Kier molecular flexibility index (Phi) is 2.50. The van der Waals surface area contributed by atoms with Crippen molar-refractivity contribution in [1.29, 1.82) is 0 Å². The lowest BCUT2D eigenvalue weighted by Gasteiger charge is -2.64. The molecule has 5 aliphatic carbocycles. The molecule has 4 nitrogen and oxygen atoms in total. The number of carbonyl (C=O) groups excluding carboxylic acids is 1. The molecule has 4 heteroatoms. The molecular formula is C21H29NO3. The van der Waals surface area contributed by atoms with Crippen LogP contribution in [0, 0.1) is 39.9 Å². The van der Waals surface area contributed by atoms with Gasteiger partial charge in [-0.3, -0.25) is 4.79 Å². The summed E-state index contributed by atoms with van der Waals surface area (Å²) in [6, 6.07) is 0.318.